The van der Waals surface area contributed by atoms with E-state index < -0.39 is 0 Å². The van der Waals surface area contributed by atoms with Gasteiger partial charge in [0.15, 0.2) is 0 Å². The Hall–Kier alpha value is -1.84. The number of allylic oxidation sites excluding steroid dienone is 2. The molecule has 1 unspecified atom stereocenters. The summed E-state index contributed by atoms with van der Waals surface area (Å²) in [7, 11) is 0. The standard InChI is InChI=1S/C12H14N4/c1-9-6-15(8-14-9)11-3-4-12-13-5-10(2)16(12)7-11/h3-4,6-8,10H,5H2,1-2H3. The third-order valence-electron chi connectivity index (χ3n) is 2.94. The summed E-state index contributed by atoms with van der Waals surface area (Å²) < 4.78 is 2.04. The second-order valence-electron chi connectivity index (χ2n) is 4.26. The Morgan fingerprint density at radius 3 is 3.00 bits per heavy atom. The first-order valence-electron chi connectivity index (χ1n) is 5.48. The van der Waals surface area contributed by atoms with Gasteiger partial charge in [-0.3, -0.25) is 4.99 Å². The number of hydrogen-bond donors (Lipinski definition) is 0. The SMILES string of the molecule is Cc1cn(C2=CN3C(=NCC3C)C=C2)cn1. The number of nitrogens with zero attached hydrogens (tertiary/aromatic N) is 4. The zero-order valence-electron chi connectivity index (χ0n) is 9.46. The molecule has 0 bridgehead atoms. The molecule has 0 saturated carbocycles. The predicted molar refractivity (Wildman–Crippen MR) is 64.0 cm³/mol. The molecule has 1 atom stereocenters. The highest BCUT2D eigenvalue weighted by Gasteiger charge is 2.23. The summed E-state index contributed by atoms with van der Waals surface area (Å²) in [6, 6.07) is 0.458. The van der Waals surface area contributed by atoms with Crippen molar-refractivity contribution in [2.75, 3.05) is 6.54 Å². The maximum absolute atomic E-state index is 4.46. The molecule has 0 aromatic carbocycles. The summed E-state index contributed by atoms with van der Waals surface area (Å²) in [5.74, 6) is 1.06. The van der Waals surface area contributed by atoms with E-state index in [1.165, 1.54) is 0 Å². The molecule has 0 spiro atoms. The van der Waals surface area contributed by atoms with E-state index in [0.717, 1.165) is 23.8 Å². The van der Waals surface area contributed by atoms with Crippen molar-refractivity contribution in [3.8, 4) is 0 Å². The van der Waals surface area contributed by atoms with Crippen LogP contribution in [0.5, 0.6) is 0 Å². The van der Waals surface area contributed by atoms with Gasteiger partial charge in [-0.05, 0) is 26.0 Å². The molecule has 3 heterocycles. The quantitative estimate of drug-likeness (QED) is 0.712. The topological polar surface area (TPSA) is 33.4 Å². The zero-order chi connectivity index (χ0) is 11.1. The molecule has 3 rings (SSSR count). The van der Waals surface area contributed by atoms with E-state index >= 15 is 0 Å². The van der Waals surface area contributed by atoms with Crippen LogP contribution >= 0.6 is 0 Å². The Labute approximate surface area is 94.6 Å². The van der Waals surface area contributed by atoms with Crippen molar-refractivity contribution in [1.82, 2.24) is 14.5 Å². The minimum Gasteiger partial charge on any atom is -0.327 e. The molecular weight excluding hydrogens is 200 g/mol. The first kappa shape index (κ1) is 9.39. The van der Waals surface area contributed by atoms with E-state index in [4.69, 9.17) is 0 Å². The fraction of sp³-hybridized carbons (Fsp3) is 0.333. The fourth-order valence-corrected chi connectivity index (χ4v) is 2.01. The van der Waals surface area contributed by atoms with Crippen molar-refractivity contribution in [3.05, 3.63) is 36.6 Å². The maximum atomic E-state index is 4.46. The number of aromatic nitrogens is 2. The fourth-order valence-electron chi connectivity index (χ4n) is 2.01. The number of aliphatic imine (C=N–C) groups is 1. The van der Waals surface area contributed by atoms with Crippen LogP contribution in [0.3, 0.4) is 0 Å². The summed E-state index contributed by atoms with van der Waals surface area (Å²) in [5, 5.41) is 0. The molecule has 4 nitrogen and oxygen atoms in total. The van der Waals surface area contributed by atoms with Crippen molar-refractivity contribution >= 4 is 11.5 Å². The molecule has 4 heteroatoms. The van der Waals surface area contributed by atoms with Gasteiger partial charge in [-0.25, -0.2) is 4.98 Å². The van der Waals surface area contributed by atoms with Gasteiger partial charge in [0, 0.05) is 12.4 Å². The van der Waals surface area contributed by atoms with E-state index in [0.29, 0.717) is 6.04 Å². The Morgan fingerprint density at radius 2 is 2.25 bits per heavy atom. The predicted octanol–water partition coefficient (Wildman–Crippen LogP) is 1.66. The molecule has 16 heavy (non-hydrogen) atoms. The van der Waals surface area contributed by atoms with Crippen LogP contribution in [0.25, 0.3) is 5.70 Å². The van der Waals surface area contributed by atoms with E-state index in [9.17, 15) is 0 Å². The van der Waals surface area contributed by atoms with Gasteiger partial charge in [-0.1, -0.05) is 0 Å². The molecule has 1 aromatic rings. The lowest BCUT2D eigenvalue weighted by Crippen LogP contribution is -2.30. The third kappa shape index (κ3) is 1.38. The van der Waals surface area contributed by atoms with Crippen LogP contribution in [-0.4, -0.2) is 32.9 Å². The number of fused-ring (bicyclic) bond motifs is 1. The van der Waals surface area contributed by atoms with Gasteiger partial charge in [-0.15, -0.1) is 0 Å². The van der Waals surface area contributed by atoms with E-state index in [2.05, 4.69) is 40.2 Å². The van der Waals surface area contributed by atoms with Gasteiger partial charge in [0.1, 0.15) is 5.84 Å². The number of rotatable bonds is 1. The van der Waals surface area contributed by atoms with Gasteiger partial charge < -0.3 is 9.47 Å². The summed E-state index contributed by atoms with van der Waals surface area (Å²) in [6.07, 6.45) is 10.1. The average molecular weight is 214 g/mol. The van der Waals surface area contributed by atoms with E-state index in [1.807, 2.05) is 24.0 Å². The second kappa shape index (κ2) is 3.33. The molecule has 0 amide bonds. The normalized spacial score (nSPS) is 23.1. The third-order valence-corrected chi connectivity index (χ3v) is 2.94. The monoisotopic (exact) mass is 214 g/mol. The molecule has 0 fully saturated rings. The molecule has 0 saturated heterocycles. The van der Waals surface area contributed by atoms with Crippen LogP contribution in [0, 0.1) is 6.92 Å². The van der Waals surface area contributed by atoms with Gasteiger partial charge in [-0.2, -0.15) is 0 Å². The van der Waals surface area contributed by atoms with Crippen molar-refractivity contribution in [3.63, 3.8) is 0 Å². The Kier molecular flexibility index (Phi) is 1.96. The van der Waals surface area contributed by atoms with Crippen molar-refractivity contribution in [2.45, 2.75) is 19.9 Å². The molecule has 1 aromatic heterocycles. The lowest BCUT2D eigenvalue weighted by molar-refractivity contribution is 0.473. The zero-order valence-corrected chi connectivity index (χ0v) is 9.46. The molecule has 82 valence electrons. The summed E-state index contributed by atoms with van der Waals surface area (Å²) >= 11 is 0. The van der Waals surface area contributed by atoms with Gasteiger partial charge in [0.05, 0.1) is 30.3 Å². The highest BCUT2D eigenvalue weighted by atomic mass is 15.3. The van der Waals surface area contributed by atoms with Crippen LogP contribution in [0.1, 0.15) is 12.6 Å². The smallest absolute Gasteiger partial charge is 0.128 e. The maximum Gasteiger partial charge on any atom is 0.128 e. The first-order chi connectivity index (χ1) is 7.74. The van der Waals surface area contributed by atoms with Crippen LogP contribution in [0.4, 0.5) is 0 Å². The van der Waals surface area contributed by atoms with Crippen LogP contribution in [0.2, 0.25) is 0 Å². The summed E-state index contributed by atoms with van der Waals surface area (Å²) in [6.45, 7) is 5.06. The van der Waals surface area contributed by atoms with Crippen molar-refractivity contribution in [1.29, 1.82) is 0 Å². The summed E-state index contributed by atoms with van der Waals surface area (Å²) in [5.41, 5.74) is 2.16. The van der Waals surface area contributed by atoms with Crippen molar-refractivity contribution < 1.29 is 0 Å². The molecule has 2 aliphatic rings. The highest BCUT2D eigenvalue weighted by Crippen LogP contribution is 2.21. The number of aryl methyl sites for hydroxylation is 1. The summed E-state index contributed by atoms with van der Waals surface area (Å²) in [4.78, 5) is 10.9. The Balaban J connectivity index is 1.96. The van der Waals surface area contributed by atoms with Gasteiger partial charge in [0.25, 0.3) is 0 Å². The first-order valence-corrected chi connectivity index (χ1v) is 5.48. The van der Waals surface area contributed by atoms with Gasteiger partial charge >= 0.3 is 0 Å². The number of amidine groups is 1. The average Bonchev–Trinajstić information content (AvgIpc) is 2.86. The largest absolute Gasteiger partial charge is 0.327 e. The van der Waals surface area contributed by atoms with Crippen LogP contribution < -0.4 is 0 Å². The molecule has 0 N–H and O–H groups in total. The lowest BCUT2D eigenvalue weighted by Gasteiger charge is -2.23. The van der Waals surface area contributed by atoms with E-state index in [-0.39, 0.29) is 0 Å². The van der Waals surface area contributed by atoms with Crippen molar-refractivity contribution in [2.24, 2.45) is 4.99 Å². The van der Waals surface area contributed by atoms with E-state index in [1.54, 1.807) is 0 Å². The molecular formula is C12H14N4. The Bertz CT molecular complexity index is 507. The number of imidazole rings is 1. The van der Waals surface area contributed by atoms with Gasteiger partial charge in [0.2, 0.25) is 0 Å². The molecule has 0 radical (unpaired) electrons. The van der Waals surface area contributed by atoms with Crippen LogP contribution in [-0.2, 0) is 0 Å². The second-order valence-corrected chi connectivity index (χ2v) is 4.26. The van der Waals surface area contributed by atoms with Crippen LogP contribution in [0.15, 0.2) is 35.9 Å². The number of hydrogen-bond acceptors (Lipinski definition) is 3. The minimum atomic E-state index is 0.458. The Morgan fingerprint density at radius 1 is 1.38 bits per heavy atom. The molecule has 0 aliphatic carbocycles. The highest BCUT2D eigenvalue weighted by molar-refractivity contribution is 5.99. The molecule has 2 aliphatic heterocycles. The lowest BCUT2D eigenvalue weighted by atomic mass is 10.2. The minimum absolute atomic E-state index is 0.458.